The van der Waals surface area contributed by atoms with E-state index in [0.717, 1.165) is 0 Å². The van der Waals surface area contributed by atoms with Crippen molar-refractivity contribution in [1.82, 2.24) is 4.72 Å². The summed E-state index contributed by atoms with van der Waals surface area (Å²) in [5.74, 6) is 0.654. The van der Waals surface area contributed by atoms with Crippen LogP contribution in [0.15, 0.2) is 17.0 Å². The number of rotatable bonds is 6. The van der Waals surface area contributed by atoms with Gasteiger partial charge in [0.05, 0.1) is 18.6 Å². The second-order valence-corrected chi connectivity index (χ2v) is 5.68. The number of nitrogens with one attached hydrogen (secondary N) is 1. The first-order valence-corrected chi connectivity index (χ1v) is 7.04. The van der Waals surface area contributed by atoms with Crippen molar-refractivity contribution < 1.29 is 17.9 Å². The van der Waals surface area contributed by atoms with Gasteiger partial charge in [-0.3, -0.25) is 0 Å². The molecule has 1 N–H and O–H groups in total. The maximum absolute atomic E-state index is 12.1. The minimum atomic E-state index is -3.50. The van der Waals surface area contributed by atoms with E-state index in [1.54, 1.807) is 33.1 Å². The fraction of sp³-hybridized carbons (Fsp3) is 0.500. The lowest BCUT2D eigenvalue weighted by molar-refractivity contribution is 0.204. The summed E-state index contributed by atoms with van der Waals surface area (Å²) in [6.45, 7) is 4.10. The van der Waals surface area contributed by atoms with Gasteiger partial charge in [0.2, 0.25) is 10.0 Å². The molecular weight excluding hydrogens is 254 g/mol. The van der Waals surface area contributed by atoms with Crippen LogP contribution in [-0.2, 0) is 14.8 Å². The largest absolute Gasteiger partial charge is 0.497 e. The highest BCUT2D eigenvalue weighted by atomic mass is 32.2. The van der Waals surface area contributed by atoms with E-state index in [2.05, 4.69) is 4.72 Å². The molecule has 102 valence electrons. The van der Waals surface area contributed by atoms with Crippen LogP contribution >= 0.6 is 0 Å². The Morgan fingerprint density at radius 1 is 1.17 bits per heavy atom. The average Bonchev–Trinajstić information content (AvgIpc) is 2.27. The van der Waals surface area contributed by atoms with Crippen molar-refractivity contribution in [3.05, 3.63) is 23.3 Å². The van der Waals surface area contributed by atoms with E-state index >= 15 is 0 Å². The van der Waals surface area contributed by atoms with Crippen LogP contribution in [0.5, 0.6) is 5.75 Å². The standard InChI is InChI=1S/C12H19NO4S/c1-9-7-11(17-4)8-10(2)12(9)18(14,15)13-5-6-16-3/h7-8,13H,5-6H2,1-4H3. The molecule has 0 aliphatic heterocycles. The quantitative estimate of drug-likeness (QED) is 0.792. The molecule has 0 bridgehead atoms. The van der Waals surface area contributed by atoms with E-state index in [1.807, 2.05) is 0 Å². The fourth-order valence-electron chi connectivity index (χ4n) is 1.80. The average molecular weight is 273 g/mol. The van der Waals surface area contributed by atoms with Crippen LogP contribution in [0.3, 0.4) is 0 Å². The van der Waals surface area contributed by atoms with E-state index in [0.29, 0.717) is 28.4 Å². The summed E-state index contributed by atoms with van der Waals surface area (Å²) in [6, 6.07) is 3.41. The Morgan fingerprint density at radius 3 is 2.17 bits per heavy atom. The molecule has 0 aliphatic carbocycles. The maximum Gasteiger partial charge on any atom is 0.241 e. The van der Waals surface area contributed by atoms with Gasteiger partial charge in [0.15, 0.2) is 0 Å². The molecule has 0 saturated carbocycles. The Bertz CT molecular complexity index is 488. The third-order valence-electron chi connectivity index (χ3n) is 2.54. The lowest BCUT2D eigenvalue weighted by atomic mass is 10.1. The summed E-state index contributed by atoms with van der Waals surface area (Å²) >= 11 is 0. The molecule has 6 heteroatoms. The molecule has 1 rings (SSSR count). The minimum Gasteiger partial charge on any atom is -0.497 e. The molecule has 0 spiro atoms. The van der Waals surface area contributed by atoms with Crippen molar-refractivity contribution in [2.24, 2.45) is 0 Å². The number of sulfonamides is 1. The fourth-order valence-corrected chi connectivity index (χ4v) is 3.26. The van der Waals surface area contributed by atoms with E-state index in [4.69, 9.17) is 9.47 Å². The van der Waals surface area contributed by atoms with Gasteiger partial charge < -0.3 is 9.47 Å². The van der Waals surface area contributed by atoms with Gasteiger partial charge in [-0.1, -0.05) is 0 Å². The molecule has 0 unspecified atom stereocenters. The monoisotopic (exact) mass is 273 g/mol. The van der Waals surface area contributed by atoms with Gasteiger partial charge in [-0.2, -0.15) is 0 Å². The maximum atomic E-state index is 12.1. The molecule has 5 nitrogen and oxygen atoms in total. The zero-order valence-corrected chi connectivity index (χ0v) is 11.9. The number of aryl methyl sites for hydroxylation is 2. The van der Waals surface area contributed by atoms with E-state index in [-0.39, 0.29) is 6.54 Å². The molecular formula is C12H19NO4S. The highest BCUT2D eigenvalue weighted by Gasteiger charge is 2.19. The van der Waals surface area contributed by atoms with E-state index in [9.17, 15) is 8.42 Å². The number of benzene rings is 1. The van der Waals surface area contributed by atoms with Crippen molar-refractivity contribution in [2.75, 3.05) is 27.4 Å². The van der Waals surface area contributed by atoms with E-state index < -0.39 is 10.0 Å². The highest BCUT2D eigenvalue weighted by Crippen LogP contribution is 2.25. The zero-order chi connectivity index (χ0) is 13.8. The summed E-state index contributed by atoms with van der Waals surface area (Å²) in [4.78, 5) is 0.305. The van der Waals surface area contributed by atoms with Gasteiger partial charge in [-0.15, -0.1) is 0 Å². The molecule has 0 fully saturated rings. The van der Waals surface area contributed by atoms with Crippen molar-refractivity contribution in [3.8, 4) is 5.75 Å². The van der Waals surface area contributed by atoms with E-state index in [1.165, 1.54) is 7.11 Å². The van der Waals surface area contributed by atoms with Gasteiger partial charge in [0.1, 0.15) is 5.75 Å². The summed E-state index contributed by atoms with van der Waals surface area (Å²) in [6.07, 6.45) is 0. The Labute approximate surface area is 108 Å². The predicted octanol–water partition coefficient (Wildman–Crippen LogP) is 1.24. The second-order valence-electron chi connectivity index (χ2n) is 3.98. The summed E-state index contributed by atoms with van der Waals surface area (Å²) < 4.78 is 36.7. The van der Waals surface area contributed by atoms with Gasteiger partial charge in [-0.25, -0.2) is 13.1 Å². The topological polar surface area (TPSA) is 64.6 Å². The number of ether oxygens (including phenoxy) is 2. The lowest BCUT2D eigenvalue weighted by Crippen LogP contribution is -2.28. The van der Waals surface area contributed by atoms with Crippen LogP contribution in [0.2, 0.25) is 0 Å². The van der Waals surface area contributed by atoms with Gasteiger partial charge >= 0.3 is 0 Å². The molecule has 0 heterocycles. The number of hydrogen-bond acceptors (Lipinski definition) is 4. The van der Waals surface area contributed by atoms with Crippen LogP contribution in [0.25, 0.3) is 0 Å². The Kier molecular flexibility index (Phi) is 5.13. The first-order chi connectivity index (χ1) is 8.42. The van der Waals surface area contributed by atoms with Crippen molar-refractivity contribution in [1.29, 1.82) is 0 Å². The van der Waals surface area contributed by atoms with Crippen LogP contribution < -0.4 is 9.46 Å². The first kappa shape index (κ1) is 14.9. The Morgan fingerprint density at radius 2 is 1.72 bits per heavy atom. The molecule has 18 heavy (non-hydrogen) atoms. The summed E-state index contributed by atoms with van der Waals surface area (Å²) in [5, 5.41) is 0. The smallest absolute Gasteiger partial charge is 0.241 e. The Balaban J connectivity index is 3.09. The Hall–Kier alpha value is -1.11. The number of hydrogen-bond donors (Lipinski definition) is 1. The van der Waals surface area contributed by atoms with Gasteiger partial charge in [-0.05, 0) is 37.1 Å². The van der Waals surface area contributed by atoms with Crippen molar-refractivity contribution in [2.45, 2.75) is 18.7 Å². The molecule has 0 radical (unpaired) electrons. The summed E-state index contributed by atoms with van der Waals surface area (Å²) in [7, 11) is -0.424. The van der Waals surface area contributed by atoms with Crippen molar-refractivity contribution >= 4 is 10.0 Å². The summed E-state index contributed by atoms with van der Waals surface area (Å²) in [5.41, 5.74) is 1.33. The molecule has 0 saturated heterocycles. The van der Waals surface area contributed by atoms with Crippen LogP contribution in [0.4, 0.5) is 0 Å². The minimum absolute atomic E-state index is 0.254. The third-order valence-corrected chi connectivity index (χ3v) is 4.30. The second kappa shape index (κ2) is 6.17. The van der Waals surface area contributed by atoms with Crippen LogP contribution in [0, 0.1) is 13.8 Å². The third kappa shape index (κ3) is 3.44. The van der Waals surface area contributed by atoms with Crippen LogP contribution in [0.1, 0.15) is 11.1 Å². The molecule has 0 aromatic heterocycles. The number of methoxy groups -OCH3 is 2. The molecule has 0 atom stereocenters. The van der Waals surface area contributed by atoms with Gasteiger partial charge in [0.25, 0.3) is 0 Å². The predicted molar refractivity (Wildman–Crippen MR) is 69.5 cm³/mol. The zero-order valence-electron chi connectivity index (χ0n) is 11.1. The molecule has 0 aliphatic rings. The van der Waals surface area contributed by atoms with Crippen molar-refractivity contribution in [3.63, 3.8) is 0 Å². The highest BCUT2D eigenvalue weighted by molar-refractivity contribution is 7.89. The first-order valence-electron chi connectivity index (χ1n) is 5.56. The lowest BCUT2D eigenvalue weighted by Gasteiger charge is -2.13. The van der Waals surface area contributed by atoms with Gasteiger partial charge in [0, 0.05) is 13.7 Å². The normalized spacial score (nSPS) is 11.6. The molecule has 1 aromatic rings. The SMILES string of the molecule is COCCNS(=O)(=O)c1c(C)cc(OC)cc1C. The molecule has 1 aromatic carbocycles. The van der Waals surface area contributed by atoms with Crippen LogP contribution in [-0.4, -0.2) is 35.8 Å². The molecule has 0 amide bonds.